The van der Waals surface area contributed by atoms with E-state index in [2.05, 4.69) is 22.4 Å². The summed E-state index contributed by atoms with van der Waals surface area (Å²) in [4.78, 5) is 0. The van der Waals surface area contributed by atoms with Gasteiger partial charge in [0, 0.05) is 20.6 Å². The summed E-state index contributed by atoms with van der Waals surface area (Å²) in [6.07, 6.45) is 5.95. The molecule has 0 spiro atoms. The van der Waals surface area contributed by atoms with Crippen molar-refractivity contribution in [1.82, 2.24) is 0 Å². The molecule has 0 bridgehead atoms. The fourth-order valence-corrected chi connectivity index (χ4v) is 1.90. The lowest BCUT2D eigenvalue weighted by Gasteiger charge is -2.33. The Kier molecular flexibility index (Phi) is 3.10. The van der Waals surface area contributed by atoms with Crippen LogP contribution in [0.25, 0.3) is 0 Å². The monoisotopic (exact) mass is 219 g/mol. The normalized spacial score (nSPS) is 23.0. The van der Waals surface area contributed by atoms with Crippen LogP contribution in [0.2, 0.25) is 0 Å². The van der Waals surface area contributed by atoms with Gasteiger partial charge in [-0.15, -0.1) is 0 Å². The molecule has 0 aromatic rings. The van der Waals surface area contributed by atoms with E-state index in [1.54, 1.807) is 14.2 Å². The standard InChI is InChI=1S/C8H12BrO2/c1-10-8(11-2)6-4-3-5-7(8)9/h3,5H,4,6H2,1-2H3. The number of hydrogen-bond acceptors (Lipinski definition) is 2. The smallest absolute Gasteiger partial charge is 0.200 e. The number of methoxy groups -OCH3 is 2. The number of ether oxygens (including phenoxy) is 2. The summed E-state index contributed by atoms with van der Waals surface area (Å²) < 4.78 is 11.5. The summed E-state index contributed by atoms with van der Waals surface area (Å²) >= 11 is 3.41. The molecule has 0 aromatic carbocycles. The van der Waals surface area contributed by atoms with E-state index in [0.717, 1.165) is 17.3 Å². The summed E-state index contributed by atoms with van der Waals surface area (Å²) in [5.74, 6) is -0.533. The van der Waals surface area contributed by atoms with E-state index in [1.807, 2.05) is 6.08 Å². The molecule has 0 fully saturated rings. The highest BCUT2D eigenvalue weighted by molar-refractivity contribution is 9.11. The van der Waals surface area contributed by atoms with Gasteiger partial charge in [-0.05, 0) is 12.8 Å². The van der Waals surface area contributed by atoms with Crippen molar-refractivity contribution in [3.05, 3.63) is 17.0 Å². The maximum Gasteiger partial charge on any atom is 0.200 e. The van der Waals surface area contributed by atoms with Gasteiger partial charge in [-0.2, -0.15) is 0 Å². The Balaban J connectivity index is 2.79. The summed E-state index contributed by atoms with van der Waals surface area (Å²) in [6, 6.07) is 0. The van der Waals surface area contributed by atoms with E-state index in [4.69, 9.17) is 9.47 Å². The zero-order valence-electron chi connectivity index (χ0n) is 6.76. The minimum Gasteiger partial charge on any atom is -0.349 e. The second-order valence-corrected chi connectivity index (χ2v) is 3.30. The Hall–Kier alpha value is 0.140. The van der Waals surface area contributed by atoms with Crippen LogP contribution in [0.15, 0.2) is 10.6 Å². The van der Waals surface area contributed by atoms with Crippen molar-refractivity contribution < 1.29 is 9.47 Å². The molecular formula is C8H12BrO2. The second kappa shape index (κ2) is 3.70. The van der Waals surface area contributed by atoms with Gasteiger partial charge in [0.05, 0.1) is 4.48 Å². The van der Waals surface area contributed by atoms with Crippen molar-refractivity contribution in [3.8, 4) is 0 Å². The molecule has 0 heterocycles. The quantitative estimate of drug-likeness (QED) is 0.664. The van der Waals surface area contributed by atoms with Crippen LogP contribution in [0.4, 0.5) is 0 Å². The van der Waals surface area contributed by atoms with Gasteiger partial charge in [0.15, 0.2) is 0 Å². The topological polar surface area (TPSA) is 18.5 Å². The van der Waals surface area contributed by atoms with Crippen LogP contribution in [0.1, 0.15) is 12.8 Å². The van der Waals surface area contributed by atoms with Gasteiger partial charge in [-0.3, -0.25) is 0 Å². The van der Waals surface area contributed by atoms with Gasteiger partial charge < -0.3 is 9.47 Å². The highest BCUT2D eigenvalue weighted by Crippen LogP contribution is 2.35. The third-order valence-electron chi connectivity index (χ3n) is 1.93. The molecule has 0 aliphatic heterocycles. The third kappa shape index (κ3) is 1.66. The van der Waals surface area contributed by atoms with E-state index in [1.165, 1.54) is 0 Å². The first-order chi connectivity index (χ1) is 5.25. The predicted molar refractivity (Wildman–Crippen MR) is 47.3 cm³/mol. The van der Waals surface area contributed by atoms with Gasteiger partial charge in [-0.25, -0.2) is 0 Å². The molecule has 0 atom stereocenters. The molecule has 2 nitrogen and oxygen atoms in total. The number of hydrogen-bond donors (Lipinski definition) is 0. The van der Waals surface area contributed by atoms with Crippen molar-refractivity contribution in [1.29, 1.82) is 0 Å². The molecule has 1 aliphatic rings. The minimum atomic E-state index is -0.533. The van der Waals surface area contributed by atoms with Crippen molar-refractivity contribution in [2.24, 2.45) is 0 Å². The van der Waals surface area contributed by atoms with E-state index in [-0.39, 0.29) is 0 Å². The van der Waals surface area contributed by atoms with E-state index in [9.17, 15) is 0 Å². The summed E-state index contributed by atoms with van der Waals surface area (Å²) in [7, 11) is 3.31. The maximum atomic E-state index is 5.28. The molecule has 11 heavy (non-hydrogen) atoms. The molecule has 0 saturated heterocycles. The van der Waals surface area contributed by atoms with Crippen LogP contribution in [0.3, 0.4) is 0 Å². The van der Waals surface area contributed by atoms with Crippen LogP contribution >= 0.6 is 15.9 Å². The zero-order chi connectivity index (χ0) is 8.32. The molecule has 0 amide bonds. The largest absolute Gasteiger partial charge is 0.349 e. The molecule has 1 rings (SSSR count). The highest BCUT2D eigenvalue weighted by Gasteiger charge is 2.34. The fourth-order valence-electron chi connectivity index (χ4n) is 1.19. The summed E-state index contributed by atoms with van der Waals surface area (Å²) in [5.41, 5.74) is 0. The van der Waals surface area contributed by atoms with Gasteiger partial charge in [0.2, 0.25) is 5.79 Å². The van der Waals surface area contributed by atoms with Crippen LogP contribution < -0.4 is 0 Å². The van der Waals surface area contributed by atoms with Gasteiger partial charge in [0.1, 0.15) is 0 Å². The summed E-state index contributed by atoms with van der Waals surface area (Å²) in [6.45, 7) is 0. The predicted octanol–water partition coefficient (Wildman–Crippen LogP) is 2.25. The average Bonchev–Trinajstić information content (AvgIpc) is 2.06. The molecule has 0 N–H and O–H groups in total. The van der Waals surface area contributed by atoms with Gasteiger partial charge in [0.25, 0.3) is 0 Å². The maximum absolute atomic E-state index is 5.28. The van der Waals surface area contributed by atoms with E-state index < -0.39 is 5.79 Å². The molecule has 0 aromatic heterocycles. The first kappa shape index (κ1) is 9.23. The Morgan fingerprint density at radius 2 is 2.09 bits per heavy atom. The van der Waals surface area contributed by atoms with Crippen molar-refractivity contribution in [2.75, 3.05) is 14.2 Å². The molecule has 0 unspecified atom stereocenters. The van der Waals surface area contributed by atoms with Crippen LogP contribution in [-0.4, -0.2) is 20.0 Å². The lowest BCUT2D eigenvalue weighted by molar-refractivity contribution is -0.177. The number of rotatable bonds is 2. The Bertz CT molecular complexity index is 161. The number of halogens is 1. The molecule has 63 valence electrons. The molecular weight excluding hydrogens is 208 g/mol. The Labute approximate surface area is 75.7 Å². The van der Waals surface area contributed by atoms with Crippen LogP contribution in [0, 0.1) is 6.42 Å². The van der Waals surface area contributed by atoms with E-state index >= 15 is 0 Å². The Morgan fingerprint density at radius 1 is 1.45 bits per heavy atom. The third-order valence-corrected chi connectivity index (χ3v) is 2.80. The van der Waals surface area contributed by atoms with E-state index in [0.29, 0.717) is 0 Å². The first-order valence-corrected chi connectivity index (χ1v) is 4.34. The Morgan fingerprint density at radius 3 is 2.45 bits per heavy atom. The van der Waals surface area contributed by atoms with Crippen molar-refractivity contribution >= 4 is 15.9 Å². The second-order valence-electron chi connectivity index (χ2n) is 2.45. The fraction of sp³-hybridized carbons (Fsp3) is 0.625. The van der Waals surface area contributed by atoms with Crippen molar-refractivity contribution in [2.45, 2.75) is 18.6 Å². The average molecular weight is 220 g/mol. The first-order valence-electron chi connectivity index (χ1n) is 3.55. The van der Waals surface area contributed by atoms with Crippen LogP contribution in [0.5, 0.6) is 0 Å². The minimum absolute atomic E-state index is 0.533. The molecule has 1 aliphatic carbocycles. The zero-order valence-corrected chi connectivity index (χ0v) is 8.35. The molecule has 0 saturated carbocycles. The van der Waals surface area contributed by atoms with Crippen LogP contribution in [-0.2, 0) is 9.47 Å². The lowest BCUT2D eigenvalue weighted by Crippen LogP contribution is -2.35. The van der Waals surface area contributed by atoms with Crippen molar-refractivity contribution in [3.63, 3.8) is 0 Å². The molecule has 3 heteroatoms. The summed E-state index contributed by atoms with van der Waals surface area (Å²) in [5, 5.41) is 0. The highest BCUT2D eigenvalue weighted by atomic mass is 79.9. The molecule has 1 radical (unpaired) electrons. The van der Waals surface area contributed by atoms with Gasteiger partial charge in [-0.1, -0.05) is 22.0 Å². The lowest BCUT2D eigenvalue weighted by atomic mass is 10.0. The number of allylic oxidation sites excluding steroid dienone is 1. The SMILES string of the molecule is COC1(OC)CC[CH]C=C1Br. The van der Waals surface area contributed by atoms with Gasteiger partial charge >= 0.3 is 0 Å².